The zero-order chi connectivity index (χ0) is 19.2. The normalized spacial score (nSPS) is 15.3. The Morgan fingerprint density at radius 3 is 2.85 bits per heavy atom. The predicted molar refractivity (Wildman–Crippen MR) is 99.1 cm³/mol. The van der Waals surface area contributed by atoms with Crippen molar-refractivity contribution in [1.82, 2.24) is 19.8 Å². The minimum atomic E-state index is -0.312. The van der Waals surface area contributed by atoms with E-state index in [0.29, 0.717) is 45.1 Å². The molecule has 1 aliphatic heterocycles. The van der Waals surface area contributed by atoms with Gasteiger partial charge in [-0.25, -0.2) is 4.98 Å². The van der Waals surface area contributed by atoms with Gasteiger partial charge >= 0.3 is 0 Å². The highest BCUT2D eigenvalue weighted by molar-refractivity contribution is 6.06. The number of rotatable bonds is 8. The Kier molecular flexibility index (Phi) is 6.59. The Morgan fingerprint density at radius 1 is 1.33 bits per heavy atom. The first-order valence-electron chi connectivity index (χ1n) is 9.17. The fourth-order valence-corrected chi connectivity index (χ4v) is 3.19. The van der Waals surface area contributed by atoms with Crippen molar-refractivity contribution in [2.45, 2.75) is 19.9 Å². The van der Waals surface area contributed by atoms with E-state index in [0.717, 1.165) is 19.6 Å². The molecule has 0 saturated carbocycles. The van der Waals surface area contributed by atoms with Crippen LogP contribution in [-0.2, 0) is 16.0 Å². The van der Waals surface area contributed by atoms with Gasteiger partial charge in [-0.3, -0.25) is 19.1 Å². The molecule has 9 nitrogen and oxygen atoms in total. The van der Waals surface area contributed by atoms with Crippen molar-refractivity contribution >= 4 is 17.0 Å². The van der Waals surface area contributed by atoms with Gasteiger partial charge in [0.1, 0.15) is 17.5 Å². The number of ether oxygens (including phenoxy) is 2. The van der Waals surface area contributed by atoms with Gasteiger partial charge in [0.05, 0.1) is 18.8 Å². The van der Waals surface area contributed by atoms with Crippen LogP contribution < -0.4 is 10.9 Å². The number of fused-ring (bicyclic) bond motifs is 1. The van der Waals surface area contributed by atoms with Gasteiger partial charge in [0, 0.05) is 46.4 Å². The molecule has 3 heterocycles. The molecule has 1 N–H and O–H groups in total. The average Bonchev–Trinajstić information content (AvgIpc) is 3.01. The van der Waals surface area contributed by atoms with Crippen molar-refractivity contribution in [3.05, 3.63) is 28.0 Å². The van der Waals surface area contributed by atoms with E-state index in [4.69, 9.17) is 13.9 Å². The molecule has 0 aromatic carbocycles. The van der Waals surface area contributed by atoms with Crippen molar-refractivity contribution in [3.63, 3.8) is 0 Å². The SMILES string of the molecule is COCCCn1cnc2oc(C)c(C(=O)NCCN3CCOCC3)c2c1=O. The standard InChI is InChI=1S/C18H26N4O5/c1-13-14(16(23)19-4-6-21-7-10-26-11-8-21)15-17(27-13)20-12-22(18(15)24)5-3-9-25-2/h12H,3-11H2,1-2H3,(H,19,23). The molecule has 0 radical (unpaired) electrons. The number of amides is 1. The van der Waals surface area contributed by atoms with Gasteiger partial charge in [-0.15, -0.1) is 0 Å². The van der Waals surface area contributed by atoms with Gasteiger partial charge in [0.25, 0.3) is 11.5 Å². The summed E-state index contributed by atoms with van der Waals surface area (Å²) in [5.41, 5.74) is 0.190. The third-order valence-electron chi connectivity index (χ3n) is 4.65. The molecule has 148 valence electrons. The molecule has 3 rings (SSSR count). The van der Waals surface area contributed by atoms with Crippen LogP contribution >= 0.6 is 0 Å². The Hall–Kier alpha value is -2.23. The van der Waals surface area contributed by atoms with E-state index in [1.54, 1.807) is 14.0 Å². The maximum atomic E-state index is 12.8. The Balaban J connectivity index is 1.74. The lowest BCUT2D eigenvalue weighted by Gasteiger charge is -2.26. The molecule has 2 aromatic heterocycles. The number of morpholine rings is 1. The van der Waals surface area contributed by atoms with E-state index in [1.807, 2.05) is 0 Å². The molecule has 1 fully saturated rings. The third-order valence-corrected chi connectivity index (χ3v) is 4.65. The zero-order valence-electron chi connectivity index (χ0n) is 15.8. The number of aryl methyl sites for hydroxylation is 2. The highest BCUT2D eigenvalue weighted by Gasteiger charge is 2.23. The van der Waals surface area contributed by atoms with Crippen LogP contribution in [0, 0.1) is 6.92 Å². The molecular weight excluding hydrogens is 352 g/mol. The van der Waals surface area contributed by atoms with Gasteiger partial charge < -0.3 is 19.2 Å². The molecule has 2 aromatic rings. The van der Waals surface area contributed by atoms with Crippen LogP contribution in [0.1, 0.15) is 22.5 Å². The second kappa shape index (κ2) is 9.12. The zero-order valence-corrected chi connectivity index (χ0v) is 15.8. The Morgan fingerprint density at radius 2 is 2.11 bits per heavy atom. The van der Waals surface area contributed by atoms with Crippen molar-refractivity contribution in [3.8, 4) is 0 Å². The van der Waals surface area contributed by atoms with Crippen LogP contribution in [0.25, 0.3) is 11.1 Å². The second-order valence-corrected chi connectivity index (χ2v) is 6.51. The summed E-state index contributed by atoms with van der Waals surface area (Å²) in [5, 5.41) is 3.12. The Labute approximate surface area is 157 Å². The van der Waals surface area contributed by atoms with Gasteiger partial charge in [0.2, 0.25) is 5.71 Å². The summed E-state index contributed by atoms with van der Waals surface area (Å²) in [6.07, 6.45) is 2.13. The number of carbonyl (C=O) groups excluding carboxylic acids is 1. The molecular formula is C18H26N4O5. The first kappa shape index (κ1) is 19.5. The number of methoxy groups -OCH3 is 1. The summed E-state index contributed by atoms with van der Waals surface area (Å²) >= 11 is 0. The quantitative estimate of drug-likeness (QED) is 0.664. The molecule has 1 saturated heterocycles. The number of nitrogens with zero attached hydrogens (tertiary/aromatic N) is 3. The van der Waals surface area contributed by atoms with E-state index in [2.05, 4.69) is 15.2 Å². The van der Waals surface area contributed by atoms with Crippen LogP contribution in [0.5, 0.6) is 0 Å². The minimum Gasteiger partial charge on any atom is -0.442 e. The average molecular weight is 378 g/mol. The number of hydrogen-bond acceptors (Lipinski definition) is 7. The van der Waals surface area contributed by atoms with Crippen molar-refractivity contribution in [2.24, 2.45) is 0 Å². The molecule has 9 heteroatoms. The van der Waals surface area contributed by atoms with Crippen molar-refractivity contribution in [1.29, 1.82) is 0 Å². The maximum Gasteiger partial charge on any atom is 0.265 e. The van der Waals surface area contributed by atoms with E-state index < -0.39 is 0 Å². The van der Waals surface area contributed by atoms with E-state index in [-0.39, 0.29) is 28.1 Å². The molecule has 1 amide bonds. The minimum absolute atomic E-state index is 0.193. The maximum absolute atomic E-state index is 12.8. The van der Waals surface area contributed by atoms with E-state index in [9.17, 15) is 9.59 Å². The topological polar surface area (TPSA) is 98.8 Å². The summed E-state index contributed by atoms with van der Waals surface area (Å²) in [4.78, 5) is 31.9. The number of carbonyl (C=O) groups is 1. The number of aromatic nitrogens is 2. The van der Waals surface area contributed by atoms with Crippen molar-refractivity contribution < 1.29 is 18.7 Å². The first-order valence-corrected chi connectivity index (χ1v) is 9.17. The first-order chi connectivity index (χ1) is 13.1. The fraction of sp³-hybridized carbons (Fsp3) is 0.611. The second-order valence-electron chi connectivity index (χ2n) is 6.51. The number of nitrogens with one attached hydrogen (secondary N) is 1. The number of furan rings is 1. The van der Waals surface area contributed by atoms with E-state index in [1.165, 1.54) is 10.9 Å². The summed E-state index contributed by atoms with van der Waals surface area (Å²) < 4.78 is 17.4. The van der Waals surface area contributed by atoms with Crippen LogP contribution in [-0.4, -0.2) is 73.5 Å². The Bertz CT molecular complexity index is 838. The van der Waals surface area contributed by atoms with Crippen LogP contribution in [0.4, 0.5) is 0 Å². The summed E-state index contributed by atoms with van der Waals surface area (Å²) in [7, 11) is 1.61. The van der Waals surface area contributed by atoms with Crippen LogP contribution in [0.2, 0.25) is 0 Å². The van der Waals surface area contributed by atoms with Gasteiger partial charge in [-0.1, -0.05) is 0 Å². The summed E-state index contributed by atoms with van der Waals surface area (Å²) in [6.45, 7) is 7.08. The largest absolute Gasteiger partial charge is 0.442 e. The molecule has 0 spiro atoms. The lowest BCUT2D eigenvalue weighted by molar-refractivity contribution is 0.0383. The van der Waals surface area contributed by atoms with Crippen LogP contribution in [0.3, 0.4) is 0 Å². The van der Waals surface area contributed by atoms with Gasteiger partial charge in [-0.2, -0.15) is 0 Å². The molecule has 1 aliphatic rings. The smallest absolute Gasteiger partial charge is 0.265 e. The number of hydrogen-bond donors (Lipinski definition) is 1. The lowest BCUT2D eigenvalue weighted by Crippen LogP contribution is -2.41. The monoisotopic (exact) mass is 378 g/mol. The highest BCUT2D eigenvalue weighted by atomic mass is 16.5. The van der Waals surface area contributed by atoms with Crippen molar-refractivity contribution in [2.75, 3.05) is 53.1 Å². The van der Waals surface area contributed by atoms with Crippen LogP contribution in [0.15, 0.2) is 15.5 Å². The van der Waals surface area contributed by atoms with E-state index >= 15 is 0 Å². The predicted octanol–water partition coefficient (Wildman–Crippen LogP) is 0.396. The fourth-order valence-electron chi connectivity index (χ4n) is 3.19. The molecule has 27 heavy (non-hydrogen) atoms. The van der Waals surface area contributed by atoms with Gasteiger partial charge in [-0.05, 0) is 13.3 Å². The molecule has 0 aliphatic carbocycles. The molecule has 0 unspecified atom stereocenters. The molecule has 0 atom stereocenters. The summed E-state index contributed by atoms with van der Waals surface area (Å²) in [5.74, 6) is 0.0844. The van der Waals surface area contributed by atoms with Gasteiger partial charge in [0.15, 0.2) is 0 Å². The molecule has 0 bridgehead atoms. The third kappa shape index (κ3) is 4.55. The lowest BCUT2D eigenvalue weighted by atomic mass is 10.1. The summed E-state index contributed by atoms with van der Waals surface area (Å²) in [6, 6.07) is 0. The highest BCUT2D eigenvalue weighted by Crippen LogP contribution is 2.20.